The first-order valence-corrected chi connectivity index (χ1v) is 8.61. The van der Waals surface area contributed by atoms with Crippen LogP contribution in [0.15, 0.2) is 18.2 Å². The van der Waals surface area contributed by atoms with Crippen LogP contribution in [-0.2, 0) is 4.79 Å². The van der Waals surface area contributed by atoms with E-state index >= 15 is 0 Å². The maximum atomic E-state index is 13.8. The average Bonchev–Trinajstić information content (AvgIpc) is 3.41. The van der Waals surface area contributed by atoms with E-state index in [1.165, 1.54) is 25.0 Å². The quantitative estimate of drug-likeness (QED) is 0.925. The van der Waals surface area contributed by atoms with Gasteiger partial charge in [0.1, 0.15) is 11.6 Å². The monoisotopic (exact) mass is 320 g/mol. The molecule has 23 heavy (non-hydrogen) atoms. The zero-order valence-electron chi connectivity index (χ0n) is 13.1. The minimum atomic E-state index is -0.574. The average molecular weight is 320 g/mol. The second-order valence-corrected chi connectivity index (χ2v) is 7.16. The van der Waals surface area contributed by atoms with Gasteiger partial charge in [-0.1, -0.05) is 6.07 Å². The molecular weight excluding hydrogens is 298 g/mol. The first-order chi connectivity index (χ1) is 11.1. The molecule has 1 heterocycles. The van der Waals surface area contributed by atoms with E-state index in [0.717, 1.165) is 38.0 Å². The van der Waals surface area contributed by atoms with Crippen LogP contribution in [0.5, 0.6) is 0 Å². The van der Waals surface area contributed by atoms with Crippen molar-refractivity contribution in [3.05, 3.63) is 35.4 Å². The van der Waals surface area contributed by atoms with E-state index in [-0.39, 0.29) is 23.8 Å². The molecule has 1 aromatic carbocycles. The molecule has 5 heteroatoms. The number of carbonyl (C=O) groups is 1. The highest BCUT2D eigenvalue weighted by Gasteiger charge is 2.45. The van der Waals surface area contributed by atoms with Crippen LogP contribution in [0.3, 0.4) is 0 Å². The second kappa shape index (κ2) is 5.86. The highest BCUT2D eigenvalue weighted by molar-refractivity contribution is 5.83. The zero-order valence-corrected chi connectivity index (χ0v) is 13.1. The van der Waals surface area contributed by atoms with Crippen molar-refractivity contribution in [2.75, 3.05) is 13.1 Å². The summed E-state index contributed by atoms with van der Waals surface area (Å²) >= 11 is 0. The Morgan fingerprint density at radius 2 is 1.87 bits per heavy atom. The summed E-state index contributed by atoms with van der Waals surface area (Å²) in [5, 5.41) is 3.13. The molecule has 1 amide bonds. The maximum absolute atomic E-state index is 13.8. The topological polar surface area (TPSA) is 32.3 Å². The summed E-state index contributed by atoms with van der Waals surface area (Å²) in [4.78, 5) is 14.9. The lowest BCUT2D eigenvalue weighted by molar-refractivity contribution is -0.123. The smallest absolute Gasteiger partial charge is 0.223 e. The number of hydrogen-bond acceptors (Lipinski definition) is 2. The number of rotatable bonds is 4. The van der Waals surface area contributed by atoms with Crippen LogP contribution in [-0.4, -0.2) is 36.0 Å². The molecule has 1 aliphatic heterocycles. The van der Waals surface area contributed by atoms with Crippen LogP contribution in [0.25, 0.3) is 0 Å². The summed E-state index contributed by atoms with van der Waals surface area (Å²) in [6.07, 6.45) is 5.32. The van der Waals surface area contributed by atoms with Gasteiger partial charge in [-0.2, -0.15) is 0 Å². The van der Waals surface area contributed by atoms with Crippen LogP contribution < -0.4 is 5.32 Å². The Balaban J connectivity index is 1.29. The maximum Gasteiger partial charge on any atom is 0.223 e. The van der Waals surface area contributed by atoms with Crippen molar-refractivity contribution in [3.8, 4) is 0 Å². The van der Waals surface area contributed by atoms with Crippen molar-refractivity contribution in [3.63, 3.8) is 0 Å². The molecule has 0 aromatic heterocycles. The van der Waals surface area contributed by atoms with E-state index in [1.807, 2.05) is 0 Å². The summed E-state index contributed by atoms with van der Waals surface area (Å²) in [6, 6.07) is 4.67. The van der Waals surface area contributed by atoms with Crippen molar-refractivity contribution in [2.24, 2.45) is 5.92 Å². The van der Waals surface area contributed by atoms with Crippen molar-refractivity contribution in [1.82, 2.24) is 10.2 Å². The van der Waals surface area contributed by atoms with E-state index in [4.69, 9.17) is 0 Å². The standard InChI is InChI=1S/C18H22F2N2O/c19-11-1-4-14(17(20)9-11)15-10-16(15)18(23)21-12-5-7-22(8-6-12)13-2-3-13/h1,4,9,12-13,15-16H,2-3,5-8,10H2,(H,21,23)/t15-,16+/m1/s1. The molecule has 1 aromatic rings. The summed E-state index contributed by atoms with van der Waals surface area (Å²) in [7, 11) is 0. The molecule has 3 fully saturated rings. The van der Waals surface area contributed by atoms with Gasteiger partial charge >= 0.3 is 0 Å². The van der Waals surface area contributed by atoms with Crippen LogP contribution in [0.1, 0.15) is 43.6 Å². The molecule has 4 rings (SSSR count). The van der Waals surface area contributed by atoms with Gasteiger partial charge in [-0.15, -0.1) is 0 Å². The molecule has 2 aliphatic carbocycles. The number of nitrogens with one attached hydrogen (secondary N) is 1. The minimum absolute atomic E-state index is 0.0311. The van der Waals surface area contributed by atoms with Gasteiger partial charge in [0.25, 0.3) is 0 Å². The second-order valence-electron chi connectivity index (χ2n) is 7.16. The molecule has 2 atom stereocenters. The Morgan fingerprint density at radius 3 is 2.52 bits per heavy atom. The molecule has 2 saturated carbocycles. The first-order valence-electron chi connectivity index (χ1n) is 8.61. The molecule has 124 valence electrons. The zero-order chi connectivity index (χ0) is 16.0. The van der Waals surface area contributed by atoms with Gasteiger partial charge in [-0.25, -0.2) is 8.78 Å². The fraction of sp³-hybridized carbons (Fsp3) is 0.611. The Kier molecular flexibility index (Phi) is 3.84. The SMILES string of the molecule is O=C(NC1CCN(C2CC2)CC1)[C@H]1C[C@@H]1c1ccc(F)cc1F. The van der Waals surface area contributed by atoms with E-state index in [0.29, 0.717) is 12.0 Å². The number of amides is 1. The largest absolute Gasteiger partial charge is 0.353 e. The fourth-order valence-corrected chi connectivity index (χ4v) is 3.79. The summed E-state index contributed by atoms with van der Waals surface area (Å²) in [6.45, 7) is 2.13. The Bertz CT molecular complexity index is 609. The van der Waals surface area contributed by atoms with Crippen molar-refractivity contribution < 1.29 is 13.6 Å². The van der Waals surface area contributed by atoms with Gasteiger partial charge in [0.15, 0.2) is 0 Å². The number of hydrogen-bond donors (Lipinski definition) is 1. The van der Waals surface area contributed by atoms with E-state index < -0.39 is 11.6 Å². The van der Waals surface area contributed by atoms with Crippen molar-refractivity contribution in [1.29, 1.82) is 0 Å². The molecule has 1 N–H and O–H groups in total. The first kappa shape index (κ1) is 15.1. The molecule has 3 nitrogen and oxygen atoms in total. The lowest BCUT2D eigenvalue weighted by atomic mass is 10.0. The number of carbonyl (C=O) groups excluding carboxylic acids is 1. The van der Waals surface area contributed by atoms with Crippen LogP contribution in [0, 0.1) is 17.6 Å². The van der Waals surface area contributed by atoms with Crippen molar-refractivity contribution >= 4 is 5.91 Å². The summed E-state index contributed by atoms with van der Waals surface area (Å²) < 4.78 is 26.7. The van der Waals surface area contributed by atoms with Crippen molar-refractivity contribution in [2.45, 2.75) is 50.1 Å². The highest BCUT2D eigenvalue weighted by atomic mass is 19.1. The lowest BCUT2D eigenvalue weighted by Crippen LogP contribution is -2.45. The predicted molar refractivity (Wildman–Crippen MR) is 83.0 cm³/mol. The number of likely N-dealkylation sites (tertiary alicyclic amines) is 1. The lowest BCUT2D eigenvalue weighted by Gasteiger charge is -2.32. The molecule has 0 radical (unpaired) electrons. The van der Waals surface area contributed by atoms with Crippen LogP contribution in [0.4, 0.5) is 8.78 Å². The summed E-state index contributed by atoms with van der Waals surface area (Å²) in [5.74, 6) is -1.33. The summed E-state index contributed by atoms with van der Waals surface area (Å²) in [5.41, 5.74) is 0.468. The predicted octanol–water partition coefficient (Wildman–Crippen LogP) is 2.81. The molecule has 0 unspecified atom stereocenters. The minimum Gasteiger partial charge on any atom is -0.353 e. The van der Waals surface area contributed by atoms with E-state index in [1.54, 1.807) is 0 Å². The Labute approximate surface area is 135 Å². The molecular formula is C18H22F2N2O. The molecule has 1 saturated heterocycles. The van der Waals surface area contributed by atoms with Gasteiger partial charge in [-0.3, -0.25) is 4.79 Å². The third-order valence-electron chi connectivity index (χ3n) is 5.43. The van der Waals surface area contributed by atoms with Gasteiger partial charge in [0.2, 0.25) is 5.91 Å². The van der Waals surface area contributed by atoms with Gasteiger partial charge in [0.05, 0.1) is 0 Å². The highest BCUT2D eigenvalue weighted by Crippen LogP contribution is 2.48. The number of benzene rings is 1. The van der Waals surface area contributed by atoms with E-state index in [9.17, 15) is 13.6 Å². The van der Waals surface area contributed by atoms with Gasteiger partial charge < -0.3 is 10.2 Å². The molecule has 0 bridgehead atoms. The van der Waals surface area contributed by atoms with Gasteiger partial charge in [-0.05, 0) is 49.7 Å². The molecule has 0 spiro atoms. The van der Waals surface area contributed by atoms with Gasteiger partial charge in [0, 0.05) is 37.2 Å². The van der Waals surface area contributed by atoms with Crippen LogP contribution in [0.2, 0.25) is 0 Å². The number of halogens is 2. The third kappa shape index (κ3) is 3.25. The van der Waals surface area contributed by atoms with E-state index in [2.05, 4.69) is 10.2 Å². The Hall–Kier alpha value is -1.49. The van der Waals surface area contributed by atoms with Crippen LogP contribution >= 0.6 is 0 Å². The number of nitrogens with zero attached hydrogens (tertiary/aromatic N) is 1. The fourth-order valence-electron chi connectivity index (χ4n) is 3.79. The Morgan fingerprint density at radius 1 is 1.13 bits per heavy atom. The molecule has 3 aliphatic rings. The normalized spacial score (nSPS) is 28.6. The third-order valence-corrected chi connectivity index (χ3v) is 5.43. The number of piperidine rings is 1.